The van der Waals surface area contributed by atoms with Gasteiger partial charge in [0.1, 0.15) is 11.4 Å². The zero-order valence-corrected chi connectivity index (χ0v) is 6.71. The predicted octanol–water partition coefficient (Wildman–Crippen LogP) is 1.67. The van der Waals surface area contributed by atoms with Crippen molar-refractivity contribution in [2.24, 2.45) is 0 Å². The van der Waals surface area contributed by atoms with E-state index in [0.717, 1.165) is 0 Å². The van der Waals surface area contributed by atoms with Gasteiger partial charge in [-0.3, -0.25) is 0 Å². The van der Waals surface area contributed by atoms with Crippen LogP contribution in [0, 0.1) is 18.2 Å². The number of rotatable bonds is 1. The van der Waals surface area contributed by atoms with Crippen LogP contribution in [0.5, 0.6) is 0 Å². The molecule has 1 aromatic carbocycles. The van der Waals surface area contributed by atoms with Crippen LogP contribution in [0.4, 0.5) is 4.39 Å². The molecule has 0 fully saturated rings. The fourth-order valence-electron chi connectivity index (χ4n) is 0.875. The lowest BCUT2D eigenvalue weighted by atomic mass is 9.97. The van der Waals surface area contributed by atoms with Crippen molar-refractivity contribution >= 4 is 0 Å². The van der Waals surface area contributed by atoms with Crippen molar-refractivity contribution in [1.29, 1.82) is 0 Å². The molecule has 0 saturated carbocycles. The molecule has 0 aliphatic heterocycles. The molecule has 0 aliphatic rings. The highest BCUT2D eigenvalue weighted by atomic mass is 19.1. The Bertz CT molecular complexity index is 323. The molecule has 1 N–H and O–H groups in total. The number of halogens is 1. The molecule has 0 aliphatic carbocycles. The Morgan fingerprint density at radius 3 is 2.75 bits per heavy atom. The number of aliphatic hydroxyl groups is 1. The summed E-state index contributed by atoms with van der Waals surface area (Å²) in [6.07, 6.45) is 5.07. The summed E-state index contributed by atoms with van der Waals surface area (Å²) in [6, 6.07) is 5.62. The van der Waals surface area contributed by atoms with E-state index < -0.39 is 11.4 Å². The van der Waals surface area contributed by atoms with Crippen LogP contribution in [-0.4, -0.2) is 5.11 Å². The molecule has 0 aromatic heterocycles. The molecule has 1 aromatic rings. The molecule has 1 nitrogen and oxygen atoms in total. The first-order chi connectivity index (χ1) is 5.56. The maximum Gasteiger partial charge on any atom is 0.148 e. The largest absolute Gasteiger partial charge is 0.374 e. The Labute approximate surface area is 70.9 Å². The summed E-state index contributed by atoms with van der Waals surface area (Å²) >= 11 is 0. The van der Waals surface area contributed by atoms with Gasteiger partial charge in [-0.2, -0.15) is 0 Å². The lowest BCUT2D eigenvalue weighted by Gasteiger charge is -2.16. The van der Waals surface area contributed by atoms with Crippen LogP contribution in [0.1, 0.15) is 12.5 Å². The van der Waals surface area contributed by atoms with Crippen molar-refractivity contribution in [3.63, 3.8) is 0 Å². The average molecular weight is 164 g/mol. The highest BCUT2D eigenvalue weighted by Crippen LogP contribution is 2.19. The third-order valence-electron chi connectivity index (χ3n) is 1.67. The van der Waals surface area contributed by atoms with Crippen LogP contribution in [-0.2, 0) is 5.60 Å². The lowest BCUT2D eigenvalue weighted by Crippen LogP contribution is -2.17. The molecule has 2 heteroatoms. The van der Waals surface area contributed by atoms with Crippen LogP contribution >= 0.6 is 0 Å². The summed E-state index contributed by atoms with van der Waals surface area (Å²) in [4.78, 5) is 0. The lowest BCUT2D eigenvalue weighted by molar-refractivity contribution is 0.122. The minimum atomic E-state index is -1.39. The molecule has 1 unspecified atom stereocenters. The van der Waals surface area contributed by atoms with Gasteiger partial charge in [0, 0.05) is 0 Å². The van der Waals surface area contributed by atoms with Gasteiger partial charge in [-0.1, -0.05) is 18.1 Å². The van der Waals surface area contributed by atoms with Gasteiger partial charge in [0.25, 0.3) is 0 Å². The van der Waals surface area contributed by atoms with Crippen molar-refractivity contribution in [3.8, 4) is 12.3 Å². The molecule has 62 valence electrons. The van der Waals surface area contributed by atoms with Gasteiger partial charge < -0.3 is 5.11 Å². The molecule has 0 spiro atoms. The quantitative estimate of drug-likeness (QED) is 0.626. The Morgan fingerprint density at radius 2 is 2.25 bits per heavy atom. The van der Waals surface area contributed by atoms with E-state index in [4.69, 9.17) is 6.42 Å². The molecule has 0 bridgehead atoms. The highest BCUT2D eigenvalue weighted by Gasteiger charge is 2.19. The third kappa shape index (κ3) is 1.63. The van der Waals surface area contributed by atoms with Crippen LogP contribution < -0.4 is 0 Å². The monoisotopic (exact) mass is 164 g/mol. The van der Waals surface area contributed by atoms with E-state index >= 15 is 0 Å². The first-order valence-electron chi connectivity index (χ1n) is 3.52. The van der Waals surface area contributed by atoms with E-state index in [9.17, 15) is 9.50 Å². The smallest absolute Gasteiger partial charge is 0.148 e. The van der Waals surface area contributed by atoms with Gasteiger partial charge in [0.15, 0.2) is 0 Å². The van der Waals surface area contributed by atoms with Gasteiger partial charge in [0.05, 0.1) is 0 Å². The maximum absolute atomic E-state index is 12.7. The Balaban J connectivity index is 3.14. The number of terminal acetylenes is 1. The fourth-order valence-corrected chi connectivity index (χ4v) is 0.875. The second-order valence-corrected chi connectivity index (χ2v) is 2.73. The van der Waals surface area contributed by atoms with Gasteiger partial charge in [-0.05, 0) is 24.6 Å². The first-order valence-corrected chi connectivity index (χ1v) is 3.52. The number of hydrogen-bond donors (Lipinski definition) is 1. The van der Waals surface area contributed by atoms with Crippen LogP contribution in [0.25, 0.3) is 0 Å². The minimum Gasteiger partial charge on any atom is -0.374 e. The summed E-state index contributed by atoms with van der Waals surface area (Å²) in [5, 5.41) is 9.52. The van der Waals surface area contributed by atoms with E-state index in [-0.39, 0.29) is 0 Å². The minimum absolute atomic E-state index is 0.394. The highest BCUT2D eigenvalue weighted by molar-refractivity contribution is 5.29. The molecule has 0 heterocycles. The summed E-state index contributed by atoms with van der Waals surface area (Å²) in [5.41, 5.74) is -0.993. The molecular weight excluding hydrogens is 155 g/mol. The second-order valence-electron chi connectivity index (χ2n) is 2.73. The number of hydrogen-bond acceptors (Lipinski definition) is 1. The molecular formula is C10H9FO. The molecule has 0 saturated heterocycles. The summed E-state index contributed by atoms with van der Waals surface area (Å²) in [7, 11) is 0. The van der Waals surface area contributed by atoms with Crippen molar-refractivity contribution in [2.75, 3.05) is 0 Å². The zero-order valence-electron chi connectivity index (χ0n) is 6.71. The molecule has 1 rings (SSSR count). The topological polar surface area (TPSA) is 20.2 Å². The molecule has 0 radical (unpaired) electrons. The normalized spacial score (nSPS) is 14.8. The second kappa shape index (κ2) is 2.96. The molecule has 12 heavy (non-hydrogen) atoms. The van der Waals surface area contributed by atoms with Crippen LogP contribution in [0.3, 0.4) is 0 Å². The van der Waals surface area contributed by atoms with E-state index in [1.807, 2.05) is 0 Å². The Kier molecular flexibility index (Phi) is 2.16. The Morgan fingerprint density at radius 1 is 1.58 bits per heavy atom. The van der Waals surface area contributed by atoms with Gasteiger partial charge in [-0.15, -0.1) is 6.42 Å². The van der Waals surface area contributed by atoms with Crippen LogP contribution in [0.15, 0.2) is 24.3 Å². The van der Waals surface area contributed by atoms with Crippen molar-refractivity contribution < 1.29 is 9.50 Å². The number of benzene rings is 1. The SMILES string of the molecule is C#CC(C)(O)c1cccc(F)c1. The summed E-state index contributed by atoms with van der Waals surface area (Å²) in [5.74, 6) is 1.77. The predicted molar refractivity (Wildman–Crippen MR) is 44.8 cm³/mol. The van der Waals surface area contributed by atoms with Gasteiger partial charge >= 0.3 is 0 Å². The maximum atomic E-state index is 12.7. The average Bonchev–Trinajstić information content (AvgIpc) is 2.05. The van der Waals surface area contributed by atoms with Gasteiger partial charge in [0.2, 0.25) is 0 Å². The van der Waals surface area contributed by atoms with E-state index in [1.54, 1.807) is 6.07 Å². The fraction of sp³-hybridized carbons (Fsp3) is 0.200. The zero-order chi connectivity index (χ0) is 9.19. The molecule has 1 atom stereocenters. The summed E-state index contributed by atoms with van der Waals surface area (Å²) in [6.45, 7) is 1.45. The molecule has 0 amide bonds. The van der Waals surface area contributed by atoms with E-state index in [2.05, 4.69) is 5.92 Å². The van der Waals surface area contributed by atoms with Crippen LogP contribution in [0.2, 0.25) is 0 Å². The standard InChI is InChI=1S/C10H9FO/c1-3-10(2,12)8-5-4-6-9(11)7-8/h1,4-7,12H,2H3. The van der Waals surface area contributed by atoms with Gasteiger partial charge in [-0.25, -0.2) is 4.39 Å². The van der Waals surface area contributed by atoms with Crippen molar-refractivity contribution in [1.82, 2.24) is 0 Å². The first kappa shape index (κ1) is 8.76. The van der Waals surface area contributed by atoms with Crippen molar-refractivity contribution in [2.45, 2.75) is 12.5 Å². The third-order valence-corrected chi connectivity index (χ3v) is 1.67. The summed E-state index contributed by atoms with van der Waals surface area (Å²) < 4.78 is 12.7. The van der Waals surface area contributed by atoms with Crippen molar-refractivity contribution in [3.05, 3.63) is 35.6 Å². The van der Waals surface area contributed by atoms with E-state index in [1.165, 1.54) is 25.1 Å². The van der Waals surface area contributed by atoms with E-state index in [0.29, 0.717) is 5.56 Å². The Hall–Kier alpha value is -1.33.